The van der Waals surface area contributed by atoms with Gasteiger partial charge >= 0.3 is 0 Å². The zero-order valence-electron chi connectivity index (χ0n) is 16.5. The molecule has 0 aliphatic carbocycles. The van der Waals surface area contributed by atoms with E-state index in [2.05, 4.69) is 53.6 Å². The zero-order valence-corrected chi connectivity index (χ0v) is 16.5. The Morgan fingerprint density at radius 2 is 1.93 bits per heavy atom. The lowest BCUT2D eigenvalue weighted by Gasteiger charge is -2.41. The minimum absolute atomic E-state index is 0.0672. The molecule has 27 heavy (non-hydrogen) atoms. The van der Waals surface area contributed by atoms with Crippen LogP contribution in [0.25, 0.3) is 0 Å². The maximum absolute atomic E-state index is 5.51. The Hall–Kier alpha value is -2.05. The molecule has 4 rings (SSSR count). The number of benzene rings is 1. The highest BCUT2D eigenvalue weighted by atomic mass is 16.7. The van der Waals surface area contributed by atoms with Gasteiger partial charge in [0.15, 0.2) is 11.5 Å². The van der Waals surface area contributed by atoms with Gasteiger partial charge in [0.2, 0.25) is 6.79 Å². The largest absolute Gasteiger partial charge is 0.454 e. The maximum atomic E-state index is 5.51. The molecule has 0 N–H and O–H groups in total. The molecule has 0 unspecified atom stereocenters. The van der Waals surface area contributed by atoms with Crippen LogP contribution < -0.4 is 9.47 Å². The lowest BCUT2D eigenvalue weighted by molar-refractivity contribution is -0.0159. The van der Waals surface area contributed by atoms with Gasteiger partial charge in [0.05, 0.1) is 13.2 Å². The molecule has 0 saturated carbocycles. The first-order valence-corrected chi connectivity index (χ1v) is 9.75. The molecule has 2 aromatic rings. The summed E-state index contributed by atoms with van der Waals surface area (Å²) in [6.07, 6.45) is 4.94. The fourth-order valence-electron chi connectivity index (χ4n) is 4.08. The summed E-state index contributed by atoms with van der Waals surface area (Å²) in [5.41, 5.74) is 1.31. The van der Waals surface area contributed by atoms with Gasteiger partial charge in [-0.25, -0.2) is 4.98 Å². The zero-order chi connectivity index (χ0) is 18.9. The molecule has 3 heterocycles. The highest BCUT2D eigenvalue weighted by molar-refractivity contribution is 5.44. The van der Waals surface area contributed by atoms with Crippen LogP contribution in [0.5, 0.6) is 11.5 Å². The summed E-state index contributed by atoms with van der Waals surface area (Å²) in [7, 11) is 0. The summed E-state index contributed by atoms with van der Waals surface area (Å²) in [5, 5.41) is 0. The lowest BCUT2D eigenvalue weighted by atomic mass is 9.98. The monoisotopic (exact) mass is 371 g/mol. The van der Waals surface area contributed by atoms with Gasteiger partial charge in [-0.1, -0.05) is 13.0 Å². The van der Waals surface area contributed by atoms with E-state index >= 15 is 0 Å². The van der Waals surface area contributed by atoms with Gasteiger partial charge in [-0.15, -0.1) is 0 Å². The second-order valence-corrected chi connectivity index (χ2v) is 8.12. The van der Waals surface area contributed by atoms with Crippen LogP contribution >= 0.6 is 0 Å². The molecule has 0 spiro atoms. The normalized spacial score (nSPS) is 18.6. The first kappa shape index (κ1) is 18.3. The van der Waals surface area contributed by atoms with Gasteiger partial charge in [0.25, 0.3) is 0 Å². The molecule has 1 aromatic carbocycles. The van der Waals surface area contributed by atoms with Gasteiger partial charge in [0.1, 0.15) is 5.82 Å². The molecule has 1 aromatic heterocycles. The number of ether oxygens (including phenoxy) is 3. The average molecular weight is 371 g/mol. The summed E-state index contributed by atoms with van der Waals surface area (Å²) in [6, 6.07) is 6.21. The molecule has 2 aliphatic heterocycles. The van der Waals surface area contributed by atoms with Gasteiger partial charge < -0.3 is 18.8 Å². The van der Waals surface area contributed by atoms with Gasteiger partial charge in [-0.3, -0.25) is 4.90 Å². The van der Waals surface area contributed by atoms with Crippen LogP contribution in [0.1, 0.15) is 38.1 Å². The maximum Gasteiger partial charge on any atom is 0.231 e. The molecule has 2 aliphatic rings. The molecular formula is C21H29N3O3. The first-order valence-electron chi connectivity index (χ1n) is 9.75. The van der Waals surface area contributed by atoms with Crippen molar-refractivity contribution >= 4 is 0 Å². The number of hydrogen-bond acceptors (Lipinski definition) is 5. The highest BCUT2D eigenvalue weighted by Crippen LogP contribution is 2.34. The van der Waals surface area contributed by atoms with Crippen molar-refractivity contribution < 1.29 is 14.2 Å². The van der Waals surface area contributed by atoms with Crippen molar-refractivity contribution in [1.82, 2.24) is 14.5 Å². The Morgan fingerprint density at radius 1 is 1.15 bits per heavy atom. The van der Waals surface area contributed by atoms with Crippen molar-refractivity contribution in [3.63, 3.8) is 0 Å². The third-order valence-electron chi connectivity index (χ3n) is 5.59. The topological polar surface area (TPSA) is 48.8 Å². The van der Waals surface area contributed by atoms with Crippen molar-refractivity contribution in [3.8, 4) is 11.5 Å². The SMILES string of the molecule is C[C@H](Cc1ccc2c(c1)OCO2)c1nccn1CC(C)(C)N1CCOCC1. The second-order valence-electron chi connectivity index (χ2n) is 8.12. The van der Waals surface area contributed by atoms with E-state index < -0.39 is 0 Å². The number of imidazole rings is 1. The van der Waals surface area contributed by atoms with Gasteiger partial charge in [-0.2, -0.15) is 0 Å². The molecule has 6 nitrogen and oxygen atoms in total. The molecule has 146 valence electrons. The molecule has 0 radical (unpaired) electrons. The minimum Gasteiger partial charge on any atom is -0.454 e. The smallest absolute Gasteiger partial charge is 0.231 e. The van der Waals surface area contributed by atoms with E-state index in [9.17, 15) is 0 Å². The fourth-order valence-corrected chi connectivity index (χ4v) is 4.08. The van der Waals surface area contributed by atoms with E-state index in [0.717, 1.165) is 56.6 Å². The van der Waals surface area contributed by atoms with Crippen LogP contribution in [0.3, 0.4) is 0 Å². The number of nitrogens with zero attached hydrogens (tertiary/aromatic N) is 3. The van der Waals surface area contributed by atoms with Crippen molar-refractivity contribution in [2.45, 2.75) is 45.2 Å². The second kappa shape index (κ2) is 7.52. The molecule has 1 fully saturated rings. The van der Waals surface area contributed by atoms with Crippen LogP contribution in [-0.4, -0.2) is 53.1 Å². The molecule has 0 amide bonds. The predicted octanol–water partition coefficient (Wildman–Crippen LogP) is 3.07. The molecule has 1 atom stereocenters. The number of aromatic nitrogens is 2. The Balaban J connectivity index is 1.46. The molecule has 1 saturated heterocycles. The predicted molar refractivity (Wildman–Crippen MR) is 103 cm³/mol. The van der Waals surface area contributed by atoms with Gasteiger partial charge in [0, 0.05) is 43.5 Å². The van der Waals surface area contributed by atoms with Crippen LogP contribution in [0.15, 0.2) is 30.6 Å². The van der Waals surface area contributed by atoms with E-state index in [1.54, 1.807) is 0 Å². The van der Waals surface area contributed by atoms with E-state index in [4.69, 9.17) is 14.2 Å². The average Bonchev–Trinajstić information content (AvgIpc) is 3.31. The van der Waals surface area contributed by atoms with E-state index in [0.29, 0.717) is 12.7 Å². The number of morpholine rings is 1. The van der Waals surface area contributed by atoms with Crippen LogP contribution in [0.2, 0.25) is 0 Å². The van der Waals surface area contributed by atoms with Crippen molar-refractivity contribution in [3.05, 3.63) is 42.0 Å². The minimum atomic E-state index is 0.0672. The number of fused-ring (bicyclic) bond motifs is 1. The summed E-state index contributed by atoms with van der Waals surface area (Å²) >= 11 is 0. The highest BCUT2D eigenvalue weighted by Gasteiger charge is 2.29. The summed E-state index contributed by atoms with van der Waals surface area (Å²) in [6.45, 7) is 11.7. The fraction of sp³-hybridized carbons (Fsp3) is 0.571. The van der Waals surface area contributed by atoms with E-state index in [1.807, 2.05) is 12.3 Å². The Kier molecular flexibility index (Phi) is 5.10. The van der Waals surface area contributed by atoms with E-state index in [-0.39, 0.29) is 5.54 Å². The number of rotatable bonds is 6. The summed E-state index contributed by atoms with van der Waals surface area (Å²) in [5.74, 6) is 3.13. The van der Waals surface area contributed by atoms with E-state index in [1.165, 1.54) is 5.56 Å². The molecule has 6 heteroatoms. The van der Waals surface area contributed by atoms with Crippen LogP contribution in [0.4, 0.5) is 0 Å². The van der Waals surface area contributed by atoms with Crippen molar-refractivity contribution in [1.29, 1.82) is 0 Å². The third kappa shape index (κ3) is 3.96. The van der Waals surface area contributed by atoms with Crippen LogP contribution in [-0.2, 0) is 17.7 Å². The number of hydrogen-bond donors (Lipinski definition) is 0. The third-order valence-corrected chi connectivity index (χ3v) is 5.59. The van der Waals surface area contributed by atoms with Crippen molar-refractivity contribution in [2.24, 2.45) is 0 Å². The van der Waals surface area contributed by atoms with Gasteiger partial charge in [-0.05, 0) is 38.0 Å². The van der Waals surface area contributed by atoms with Crippen LogP contribution in [0, 0.1) is 0 Å². The molecular weight excluding hydrogens is 342 g/mol. The quantitative estimate of drug-likeness (QED) is 0.781. The molecule has 0 bridgehead atoms. The lowest BCUT2D eigenvalue weighted by Crippen LogP contribution is -2.52. The first-order chi connectivity index (χ1) is 13.0. The summed E-state index contributed by atoms with van der Waals surface area (Å²) in [4.78, 5) is 7.19. The Bertz CT molecular complexity index is 781. The Labute approximate surface area is 161 Å². The van der Waals surface area contributed by atoms with Crippen molar-refractivity contribution in [2.75, 3.05) is 33.1 Å². The summed E-state index contributed by atoms with van der Waals surface area (Å²) < 4.78 is 18.7. The Morgan fingerprint density at radius 3 is 2.74 bits per heavy atom. The standard InChI is InChI=1S/C21H29N3O3/c1-16(12-17-4-5-18-19(13-17)27-15-26-18)20-22-6-7-23(20)14-21(2,3)24-8-10-25-11-9-24/h4-7,13,16H,8-12,14-15H2,1-3H3/t16-/m1/s1.